The summed E-state index contributed by atoms with van der Waals surface area (Å²) in [4.78, 5) is 11.6. The molecular formula is C10H21ClN2O2. The van der Waals surface area contributed by atoms with Crippen LogP contribution in [0.15, 0.2) is 0 Å². The summed E-state index contributed by atoms with van der Waals surface area (Å²) in [6.07, 6.45) is -0.314. The molecule has 0 aromatic rings. The molecule has 1 rings (SSSR count). The fourth-order valence-corrected chi connectivity index (χ4v) is 1.20. The molecule has 1 aliphatic rings. The number of amides is 1. The Hall–Kier alpha value is -0.320. The zero-order valence-corrected chi connectivity index (χ0v) is 10.4. The van der Waals surface area contributed by atoms with Gasteiger partial charge in [0.15, 0.2) is 0 Å². The van der Waals surface area contributed by atoms with E-state index < -0.39 is 0 Å². The lowest BCUT2D eigenvalue weighted by molar-refractivity contribution is -0.134. The number of rotatable bonds is 2. The molecular weight excluding hydrogens is 216 g/mol. The van der Waals surface area contributed by atoms with Gasteiger partial charge in [-0.25, -0.2) is 0 Å². The molecule has 0 bridgehead atoms. The van der Waals surface area contributed by atoms with Crippen LogP contribution in [0.2, 0.25) is 0 Å². The summed E-state index contributed by atoms with van der Waals surface area (Å²) in [6, 6.07) is 0. The van der Waals surface area contributed by atoms with Gasteiger partial charge in [-0.3, -0.25) is 4.79 Å². The van der Waals surface area contributed by atoms with Crippen LogP contribution in [-0.2, 0) is 9.53 Å². The Morgan fingerprint density at radius 1 is 1.53 bits per heavy atom. The molecule has 5 heteroatoms. The average Bonchev–Trinajstić information content (AvgIpc) is 2.14. The maximum atomic E-state index is 11.6. The summed E-state index contributed by atoms with van der Waals surface area (Å²) >= 11 is 0. The van der Waals surface area contributed by atoms with Crippen molar-refractivity contribution in [3.8, 4) is 0 Å². The fourth-order valence-electron chi connectivity index (χ4n) is 1.20. The predicted molar refractivity (Wildman–Crippen MR) is 62.3 cm³/mol. The Bertz CT molecular complexity index is 198. The third-order valence-corrected chi connectivity index (χ3v) is 2.01. The first kappa shape index (κ1) is 14.7. The first-order valence-electron chi connectivity index (χ1n) is 5.09. The average molecular weight is 237 g/mol. The van der Waals surface area contributed by atoms with Gasteiger partial charge >= 0.3 is 0 Å². The second-order valence-electron chi connectivity index (χ2n) is 4.84. The number of carbonyl (C=O) groups is 1. The van der Waals surface area contributed by atoms with E-state index in [4.69, 9.17) is 4.74 Å². The van der Waals surface area contributed by atoms with Crippen LogP contribution in [0.4, 0.5) is 0 Å². The van der Waals surface area contributed by atoms with Crippen molar-refractivity contribution in [1.82, 2.24) is 10.6 Å². The van der Waals surface area contributed by atoms with Gasteiger partial charge in [0.1, 0.15) is 6.10 Å². The van der Waals surface area contributed by atoms with Crippen molar-refractivity contribution < 1.29 is 9.53 Å². The van der Waals surface area contributed by atoms with E-state index in [2.05, 4.69) is 31.4 Å². The minimum atomic E-state index is -0.314. The van der Waals surface area contributed by atoms with Gasteiger partial charge in [-0.1, -0.05) is 20.8 Å². The van der Waals surface area contributed by atoms with E-state index in [1.165, 1.54) is 0 Å². The number of nitrogens with one attached hydrogen (secondary N) is 2. The monoisotopic (exact) mass is 236 g/mol. The van der Waals surface area contributed by atoms with Crippen molar-refractivity contribution in [2.24, 2.45) is 5.41 Å². The number of halogens is 1. The van der Waals surface area contributed by atoms with Gasteiger partial charge in [0.05, 0.1) is 6.61 Å². The van der Waals surface area contributed by atoms with E-state index in [-0.39, 0.29) is 29.8 Å². The number of carbonyl (C=O) groups excluding carboxylic acids is 1. The first-order chi connectivity index (χ1) is 6.49. The van der Waals surface area contributed by atoms with Crippen molar-refractivity contribution >= 4 is 18.3 Å². The van der Waals surface area contributed by atoms with Crippen LogP contribution in [-0.4, -0.2) is 38.3 Å². The minimum absolute atomic E-state index is 0. The zero-order chi connectivity index (χ0) is 10.6. The highest BCUT2D eigenvalue weighted by Crippen LogP contribution is 2.10. The van der Waals surface area contributed by atoms with E-state index in [0.29, 0.717) is 19.7 Å². The van der Waals surface area contributed by atoms with Gasteiger partial charge in [-0.05, 0) is 5.41 Å². The quantitative estimate of drug-likeness (QED) is 0.737. The maximum absolute atomic E-state index is 11.6. The second kappa shape index (κ2) is 6.30. The molecule has 0 aliphatic carbocycles. The second-order valence-corrected chi connectivity index (χ2v) is 4.84. The van der Waals surface area contributed by atoms with Gasteiger partial charge in [-0.2, -0.15) is 0 Å². The highest BCUT2D eigenvalue weighted by molar-refractivity contribution is 5.85. The molecule has 1 amide bonds. The highest BCUT2D eigenvalue weighted by atomic mass is 35.5. The summed E-state index contributed by atoms with van der Waals surface area (Å²) in [5, 5.41) is 6.02. The molecule has 0 spiro atoms. The molecule has 0 aromatic heterocycles. The van der Waals surface area contributed by atoms with Crippen LogP contribution in [0.5, 0.6) is 0 Å². The molecule has 1 saturated heterocycles. The lowest BCUT2D eigenvalue weighted by Gasteiger charge is -2.25. The molecule has 1 fully saturated rings. The molecule has 4 nitrogen and oxygen atoms in total. The number of morpholine rings is 1. The number of hydrogen-bond donors (Lipinski definition) is 2. The van der Waals surface area contributed by atoms with Crippen molar-refractivity contribution in [1.29, 1.82) is 0 Å². The maximum Gasteiger partial charge on any atom is 0.250 e. The lowest BCUT2D eigenvalue weighted by Crippen LogP contribution is -2.49. The largest absolute Gasteiger partial charge is 0.366 e. The van der Waals surface area contributed by atoms with Crippen LogP contribution >= 0.6 is 12.4 Å². The molecule has 0 radical (unpaired) electrons. The van der Waals surface area contributed by atoms with Crippen molar-refractivity contribution in [3.63, 3.8) is 0 Å². The Balaban J connectivity index is 0.00000196. The Morgan fingerprint density at radius 3 is 2.67 bits per heavy atom. The standard InChI is InChI=1S/C10H20N2O2.ClH/c1-10(2,3)7-12-9(13)8-6-11-4-5-14-8;/h8,11H,4-7H2,1-3H3,(H,12,13);1H. The van der Waals surface area contributed by atoms with Crippen LogP contribution < -0.4 is 10.6 Å². The number of ether oxygens (including phenoxy) is 1. The predicted octanol–water partition coefficient (Wildman–Crippen LogP) is 0.559. The first-order valence-corrected chi connectivity index (χ1v) is 5.09. The number of hydrogen-bond acceptors (Lipinski definition) is 3. The van der Waals surface area contributed by atoms with Crippen LogP contribution in [0.25, 0.3) is 0 Å². The van der Waals surface area contributed by atoms with E-state index in [1.807, 2.05) is 0 Å². The van der Waals surface area contributed by atoms with Gasteiger partial charge in [0.25, 0.3) is 0 Å². The summed E-state index contributed by atoms with van der Waals surface area (Å²) in [5.41, 5.74) is 0.123. The molecule has 1 unspecified atom stereocenters. The van der Waals surface area contributed by atoms with Gasteiger partial charge in [-0.15, -0.1) is 12.4 Å². The fraction of sp³-hybridized carbons (Fsp3) is 0.900. The highest BCUT2D eigenvalue weighted by Gasteiger charge is 2.22. The zero-order valence-electron chi connectivity index (χ0n) is 9.63. The SMILES string of the molecule is CC(C)(C)CNC(=O)C1CNCCO1.Cl. The van der Waals surface area contributed by atoms with Crippen LogP contribution in [0, 0.1) is 5.41 Å². The van der Waals surface area contributed by atoms with Crippen LogP contribution in [0.1, 0.15) is 20.8 Å². The van der Waals surface area contributed by atoms with E-state index >= 15 is 0 Å². The Kier molecular flexibility index (Phi) is 6.17. The van der Waals surface area contributed by atoms with Crippen molar-refractivity contribution in [3.05, 3.63) is 0 Å². The third-order valence-electron chi connectivity index (χ3n) is 2.01. The molecule has 1 aliphatic heterocycles. The molecule has 15 heavy (non-hydrogen) atoms. The topological polar surface area (TPSA) is 50.4 Å². The minimum Gasteiger partial charge on any atom is -0.366 e. The molecule has 1 atom stereocenters. The summed E-state index contributed by atoms with van der Waals surface area (Å²) in [7, 11) is 0. The van der Waals surface area contributed by atoms with E-state index in [0.717, 1.165) is 6.54 Å². The molecule has 2 N–H and O–H groups in total. The van der Waals surface area contributed by atoms with Crippen molar-refractivity contribution in [2.75, 3.05) is 26.2 Å². The Morgan fingerprint density at radius 2 is 2.20 bits per heavy atom. The Labute approximate surface area is 97.5 Å². The molecule has 90 valence electrons. The van der Waals surface area contributed by atoms with Gasteiger partial charge in [0, 0.05) is 19.6 Å². The van der Waals surface area contributed by atoms with E-state index in [9.17, 15) is 4.79 Å². The van der Waals surface area contributed by atoms with Gasteiger partial charge < -0.3 is 15.4 Å². The summed E-state index contributed by atoms with van der Waals surface area (Å²) < 4.78 is 5.33. The normalized spacial score (nSPS) is 21.7. The van der Waals surface area contributed by atoms with Crippen LogP contribution in [0.3, 0.4) is 0 Å². The van der Waals surface area contributed by atoms with Crippen molar-refractivity contribution in [2.45, 2.75) is 26.9 Å². The van der Waals surface area contributed by atoms with E-state index in [1.54, 1.807) is 0 Å². The lowest BCUT2D eigenvalue weighted by atomic mass is 9.97. The molecule has 0 saturated carbocycles. The summed E-state index contributed by atoms with van der Waals surface area (Å²) in [5.74, 6) is -0.00729. The molecule has 1 heterocycles. The third kappa shape index (κ3) is 5.97. The summed E-state index contributed by atoms with van der Waals surface area (Å²) in [6.45, 7) is 9.03. The smallest absolute Gasteiger partial charge is 0.250 e. The molecule has 0 aromatic carbocycles. The van der Waals surface area contributed by atoms with Gasteiger partial charge in [0.2, 0.25) is 5.91 Å².